The van der Waals surface area contributed by atoms with Gasteiger partial charge in [0.1, 0.15) is 0 Å². The van der Waals surface area contributed by atoms with Gasteiger partial charge in [-0.3, -0.25) is 0 Å². The minimum atomic E-state index is 0.506. The van der Waals surface area contributed by atoms with Crippen molar-refractivity contribution >= 4 is 5.71 Å². The Labute approximate surface area is 117 Å². The van der Waals surface area contributed by atoms with Crippen molar-refractivity contribution in [3.63, 3.8) is 0 Å². The molecule has 2 aliphatic rings. The quantitative estimate of drug-likeness (QED) is 0.717. The molecule has 0 heterocycles. The molecule has 19 heavy (non-hydrogen) atoms. The van der Waals surface area contributed by atoms with Crippen molar-refractivity contribution in [3.8, 4) is 0 Å². The fourth-order valence-corrected chi connectivity index (χ4v) is 3.31. The molecule has 2 heteroatoms. The van der Waals surface area contributed by atoms with Crippen molar-refractivity contribution in [2.24, 2.45) is 5.92 Å². The Bertz CT molecular complexity index is 381. The third kappa shape index (κ3) is 4.31. The summed E-state index contributed by atoms with van der Waals surface area (Å²) in [7, 11) is 1.85. The molecule has 0 aromatic heterocycles. The van der Waals surface area contributed by atoms with Crippen LogP contribution in [0.3, 0.4) is 0 Å². The third-order valence-corrected chi connectivity index (χ3v) is 4.66. The second-order valence-electron chi connectivity index (χ2n) is 6.07. The first kappa shape index (κ1) is 14.5. The fourth-order valence-electron chi connectivity index (χ4n) is 3.31. The monoisotopic (exact) mass is 261 g/mol. The maximum absolute atomic E-state index is 7.65. The Balaban J connectivity index is 1.78. The van der Waals surface area contributed by atoms with Crippen molar-refractivity contribution < 1.29 is 4.74 Å². The molecule has 0 bridgehead atoms. The second kappa shape index (κ2) is 7.04. The maximum atomic E-state index is 7.65. The Kier molecular flexibility index (Phi) is 5.38. The Morgan fingerprint density at radius 1 is 1.32 bits per heavy atom. The molecule has 2 atom stereocenters. The topological polar surface area (TPSA) is 33.1 Å². The summed E-state index contributed by atoms with van der Waals surface area (Å²) in [6, 6.07) is 0. The summed E-state index contributed by atoms with van der Waals surface area (Å²) < 4.78 is 5.51. The van der Waals surface area contributed by atoms with Crippen LogP contribution in [0.4, 0.5) is 0 Å². The van der Waals surface area contributed by atoms with E-state index in [1.165, 1.54) is 44.1 Å². The first-order valence-corrected chi connectivity index (χ1v) is 7.66. The van der Waals surface area contributed by atoms with Crippen LogP contribution >= 0.6 is 0 Å². The SMILES string of the molecule is COC1CCCC(CCC2=CC=C(C(C)=N)CC2)C1. The summed E-state index contributed by atoms with van der Waals surface area (Å²) in [4.78, 5) is 0. The summed E-state index contributed by atoms with van der Waals surface area (Å²) in [6.07, 6.45) is 14.9. The molecule has 0 aromatic carbocycles. The van der Waals surface area contributed by atoms with Crippen molar-refractivity contribution in [3.05, 3.63) is 23.3 Å². The van der Waals surface area contributed by atoms with Crippen molar-refractivity contribution in [2.75, 3.05) is 7.11 Å². The minimum Gasteiger partial charge on any atom is -0.381 e. The summed E-state index contributed by atoms with van der Waals surface area (Å²) in [5.74, 6) is 0.856. The average Bonchev–Trinajstić information content (AvgIpc) is 2.46. The first-order chi connectivity index (χ1) is 9.19. The number of rotatable bonds is 5. The second-order valence-corrected chi connectivity index (χ2v) is 6.07. The highest BCUT2D eigenvalue weighted by Crippen LogP contribution is 2.32. The van der Waals surface area contributed by atoms with Gasteiger partial charge in [0.15, 0.2) is 0 Å². The smallest absolute Gasteiger partial charge is 0.0574 e. The van der Waals surface area contributed by atoms with Gasteiger partial charge in [0.25, 0.3) is 0 Å². The predicted molar refractivity (Wildman–Crippen MR) is 80.8 cm³/mol. The van der Waals surface area contributed by atoms with Gasteiger partial charge in [0.05, 0.1) is 6.10 Å². The zero-order chi connectivity index (χ0) is 13.7. The van der Waals surface area contributed by atoms with Gasteiger partial charge in [-0.15, -0.1) is 0 Å². The molecule has 1 fully saturated rings. The molecule has 0 spiro atoms. The molecule has 2 unspecified atom stereocenters. The van der Waals surface area contributed by atoms with Crippen LogP contribution in [-0.4, -0.2) is 18.9 Å². The summed E-state index contributed by atoms with van der Waals surface area (Å²) >= 11 is 0. The molecule has 0 amide bonds. The third-order valence-electron chi connectivity index (χ3n) is 4.66. The van der Waals surface area contributed by atoms with E-state index in [1.807, 2.05) is 14.0 Å². The van der Waals surface area contributed by atoms with E-state index in [0.29, 0.717) is 6.10 Å². The predicted octanol–water partition coefficient (Wildman–Crippen LogP) is 4.66. The van der Waals surface area contributed by atoms with Gasteiger partial charge < -0.3 is 10.1 Å². The molecular formula is C17H27NO. The molecule has 1 N–H and O–H groups in total. The van der Waals surface area contributed by atoms with Gasteiger partial charge in [-0.05, 0) is 56.9 Å². The zero-order valence-corrected chi connectivity index (χ0v) is 12.4. The number of ether oxygens (including phenoxy) is 1. The molecule has 106 valence electrons. The van der Waals surface area contributed by atoms with E-state index in [-0.39, 0.29) is 0 Å². The van der Waals surface area contributed by atoms with E-state index in [4.69, 9.17) is 10.1 Å². The fraction of sp³-hybridized carbons (Fsp3) is 0.706. The van der Waals surface area contributed by atoms with Crippen LogP contribution in [0.5, 0.6) is 0 Å². The van der Waals surface area contributed by atoms with Crippen molar-refractivity contribution in [1.29, 1.82) is 5.41 Å². The van der Waals surface area contributed by atoms with Crippen LogP contribution in [0.25, 0.3) is 0 Å². The number of methoxy groups -OCH3 is 1. The number of hydrogen-bond acceptors (Lipinski definition) is 2. The summed E-state index contributed by atoms with van der Waals surface area (Å²) in [5.41, 5.74) is 3.51. The molecule has 0 radical (unpaired) electrons. The van der Waals surface area contributed by atoms with Crippen LogP contribution in [-0.2, 0) is 4.74 Å². The van der Waals surface area contributed by atoms with E-state index < -0.39 is 0 Å². The van der Waals surface area contributed by atoms with Gasteiger partial charge in [-0.1, -0.05) is 30.6 Å². The maximum Gasteiger partial charge on any atom is 0.0574 e. The van der Waals surface area contributed by atoms with Crippen LogP contribution in [0.15, 0.2) is 23.3 Å². The standard InChI is InChI=1S/C17H27NO/c1-13(18)16-10-8-14(9-11-16)6-7-15-4-3-5-17(12-15)19-2/h8,10,15,17-18H,3-7,9,11-12H2,1-2H3. The summed E-state index contributed by atoms with van der Waals surface area (Å²) in [6.45, 7) is 1.89. The molecule has 1 saturated carbocycles. The zero-order valence-electron chi connectivity index (χ0n) is 12.4. The highest BCUT2D eigenvalue weighted by molar-refractivity contribution is 5.96. The molecule has 0 aromatic rings. The van der Waals surface area contributed by atoms with Crippen LogP contribution < -0.4 is 0 Å². The Hall–Kier alpha value is -0.890. The van der Waals surface area contributed by atoms with E-state index in [0.717, 1.165) is 24.5 Å². The lowest BCUT2D eigenvalue weighted by Gasteiger charge is -2.28. The largest absolute Gasteiger partial charge is 0.381 e. The van der Waals surface area contributed by atoms with Gasteiger partial charge in [-0.25, -0.2) is 0 Å². The van der Waals surface area contributed by atoms with E-state index in [9.17, 15) is 0 Å². The lowest BCUT2D eigenvalue weighted by Crippen LogP contribution is -2.21. The van der Waals surface area contributed by atoms with Crippen LogP contribution in [0.1, 0.15) is 58.3 Å². The number of nitrogens with one attached hydrogen (secondary N) is 1. The first-order valence-electron chi connectivity index (χ1n) is 7.66. The highest BCUT2D eigenvalue weighted by atomic mass is 16.5. The number of hydrogen-bond donors (Lipinski definition) is 1. The molecule has 2 aliphatic carbocycles. The lowest BCUT2D eigenvalue weighted by molar-refractivity contribution is 0.0490. The highest BCUT2D eigenvalue weighted by Gasteiger charge is 2.21. The normalized spacial score (nSPS) is 27.7. The summed E-state index contributed by atoms with van der Waals surface area (Å²) in [5, 5.41) is 7.65. The van der Waals surface area contributed by atoms with E-state index >= 15 is 0 Å². The molecule has 2 nitrogen and oxygen atoms in total. The molecular weight excluding hydrogens is 234 g/mol. The minimum absolute atomic E-state index is 0.506. The van der Waals surface area contributed by atoms with Crippen molar-refractivity contribution in [2.45, 2.75) is 64.4 Å². The average molecular weight is 261 g/mol. The lowest BCUT2D eigenvalue weighted by atomic mass is 9.82. The molecule has 0 saturated heterocycles. The molecule has 2 rings (SSSR count). The van der Waals surface area contributed by atoms with Crippen molar-refractivity contribution in [1.82, 2.24) is 0 Å². The van der Waals surface area contributed by atoms with Gasteiger partial charge >= 0.3 is 0 Å². The Morgan fingerprint density at radius 2 is 2.16 bits per heavy atom. The van der Waals surface area contributed by atoms with Gasteiger partial charge in [-0.2, -0.15) is 0 Å². The Morgan fingerprint density at radius 3 is 2.79 bits per heavy atom. The van der Waals surface area contributed by atoms with Gasteiger partial charge in [0, 0.05) is 12.8 Å². The van der Waals surface area contributed by atoms with Crippen LogP contribution in [0.2, 0.25) is 0 Å². The molecule has 0 aliphatic heterocycles. The van der Waals surface area contributed by atoms with Crippen LogP contribution in [0, 0.1) is 11.3 Å². The van der Waals surface area contributed by atoms with E-state index in [1.54, 1.807) is 5.57 Å². The van der Waals surface area contributed by atoms with Gasteiger partial charge in [0.2, 0.25) is 0 Å². The van der Waals surface area contributed by atoms with E-state index in [2.05, 4.69) is 12.2 Å². The number of allylic oxidation sites excluding steroid dienone is 4.